The van der Waals surface area contributed by atoms with Crippen LogP contribution in [0.2, 0.25) is 0 Å². The van der Waals surface area contributed by atoms with E-state index in [-0.39, 0.29) is 28.5 Å². The molecule has 10 heteroatoms. The van der Waals surface area contributed by atoms with Gasteiger partial charge < -0.3 is 29.4 Å². The molecule has 0 saturated heterocycles. The van der Waals surface area contributed by atoms with E-state index < -0.39 is 42.1 Å². The minimum absolute atomic E-state index is 0.0804. The third kappa shape index (κ3) is 3.54. The molecule has 0 atom stereocenters. The Kier molecular flexibility index (Phi) is 5.66. The fraction of sp³-hybridized carbons (Fsp3) is 0.312. The van der Waals surface area contributed by atoms with Crippen LogP contribution in [0.5, 0.6) is 17.2 Å². The summed E-state index contributed by atoms with van der Waals surface area (Å²) in [6, 6.07) is 1.42. The first-order chi connectivity index (χ1) is 12.3. The smallest absolute Gasteiger partial charge is 0.431 e. The van der Waals surface area contributed by atoms with Crippen LogP contribution in [0.15, 0.2) is 28.5 Å². The Morgan fingerprint density at radius 3 is 2.50 bits per heavy atom. The van der Waals surface area contributed by atoms with Crippen molar-refractivity contribution in [2.24, 2.45) is 0 Å². The number of halogens is 3. The maximum atomic E-state index is 13.1. The SMILES string of the molecule is COc1c(C(=O)/C=C(\NCCO)C(F)(F)F)c(O)c(OC)c2occc12. The highest BCUT2D eigenvalue weighted by Crippen LogP contribution is 2.46. The largest absolute Gasteiger partial charge is 0.504 e. The molecular weight excluding hydrogens is 359 g/mol. The first kappa shape index (κ1) is 19.4. The zero-order valence-electron chi connectivity index (χ0n) is 13.8. The molecule has 1 aromatic heterocycles. The topological polar surface area (TPSA) is 101 Å². The molecule has 0 fully saturated rings. The van der Waals surface area contributed by atoms with Gasteiger partial charge in [0.05, 0.1) is 32.5 Å². The highest BCUT2D eigenvalue weighted by Gasteiger charge is 2.35. The van der Waals surface area contributed by atoms with Crippen molar-refractivity contribution in [3.63, 3.8) is 0 Å². The monoisotopic (exact) mass is 375 g/mol. The van der Waals surface area contributed by atoms with Gasteiger partial charge in [-0.3, -0.25) is 4.79 Å². The van der Waals surface area contributed by atoms with Crippen LogP contribution in [-0.2, 0) is 0 Å². The molecule has 0 spiro atoms. The second-order valence-corrected chi connectivity index (χ2v) is 5.02. The summed E-state index contributed by atoms with van der Waals surface area (Å²) in [5.74, 6) is -2.24. The number of rotatable bonds is 7. The number of aliphatic hydroxyl groups is 1. The van der Waals surface area contributed by atoms with Gasteiger partial charge in [0.2, 0.25) is 5.75 Å². The fourth-order valence-corrected chi connectivity index (χ4v) is 2.38. The average Bonchev–Trinajstić information content (AvgIpc) is 3.05. The van der Waals surface area contributed by atoms with E-state index in [4.69, 9.17) is 19.0 Å². The number of hydrogen-bond acceptors (Lipinski definition) is 7. The standard InChI is InChI=1S/C16H16F3NO6/c1-24-13-8-3-6-26-14(8)15(25-2)12(23)11(13)9(22)7-10(16(17,18)19)20-4-5-21/h3,6-7,20-21,23H,4-5H2,1-2H3/b10-7-. The zero-order chi connectivity index (χ0) is 19.5. The maximum absolute atomic E-state index is 13.1. The number of methoxy groups -OCH3 is 2. The molecular formula is C16H16F3NO6. The van der Waals surface area contributed by atoms with Crippen molar-refractivity contribution in [2.45, 2.75) is 6.18 Å². The van der Waals surface area contributed by atoms with Crippen LogP contribution in [0.25, 0.3) is 11.0 Å². The lowest BCUT2D eigenvalue weighted by Gasteiger charge is -2.15. The summed E-state index contributed by atoms with van der Waals surface area (Å²) in [6.07, 6.45) is -3.33. The van der Waals surface area contributed by atoms with Crippen LogP contribution in [0, 0.1) is 0 Å². The minimum Gasteiger partial charge on any atom is -0.504 e. The molecule has 7 nitrogen and oxygen atoms in total. The number of phenols is 1. The average molecular weight is 375 g/mol. The van der Waals surface area contributed by atoms with Crippen molar-refractivity contribution < 1.29 is 42.1 Å². The van der Waals surface area contributed by atoms with Crippen molar-refractivity contribution in [1.82, 2.24) is 5.32 Å². The Morgan fingerprint density at radius 2 is 1.96 bits per heavy atom. The maximum Gasteiger partial charge on any atom is 0.431 e. The van der Waals surface area contributed by atoms with Gasteiger partial charge in [-0.2, -0.15) is 13.2 Å². The number of benzene rings is 1. The Bertz CT molecular complexity index is 841. The molecule has 1 aromatic carbocycles. The molecule has 0 radical (unpaired) electrons. The van der Waals surface area contributed by atoms with E-state index in [0.717, 1.165) is 0 Å². The first-order valence-electron chi connectivity index (χ1n) is 7.28. The zero-order valence-corrected chi connectivity index (χ0v) is 13.8. The number of carbonyl (C=O) groups is 1. The van der Waals surface area contributed by atoms with Crippen molar-refractivity contribution >= 4 is 16.8 Å². The molecule has 142 valence electrons. The summed E-state index contributed by atoms with van der Waals surface area (Å²) in [5.41, 5.74) is -1.80. The van der Waals surface area contributed by atoms with E-state index in [1.54, 1.807) is 0 Å². The molecule has 0 aliphatic carbocycles. The normalized spacial score (nSPS) is 12.3. The summed E-state index contributed by atoms with van der Waals surface area (Å²) in [6.45, 7) is -0.975. The van der Waals surface area contributed by atoms with Gasteiger partial charge in [-0.1, -0.05) is 0 Å². The summed E-state index contributed by atoms with van der Waals surface area (Å²) in [5, 5.41) is 21.2. The Morgan fingerprint density at radius 1 is 1.31 bits per heavy atom. The Balaban J connectivity index is 2.66. The van der Waals surface area contributed by atoms with Gasteiger partial charge in [0.1, 0.15) is 17.0 Å². The molecule has 0 saturated carbocycles. The van der Waals surface area contributed by atoms with Crippen LogP contribution < -0.4 is 14.8 Å². The lowest BCUT2D eigenvalue weighted by atomic mass is 10.0. The molecule has 0 bridgehead atoms. The molecule has 2 rings (SSSR count). The van der Waals surface area contributed by atoms with Crippen molar-refractivity contribution in [2.75, 3.05) is 27.4 Å². The molecule has 0 amide bonds. The lowest BCUT2D eigenvalue weighted by Crippen LogP contribution is -2.29. The van der Waals surface area contributed by atoms with Gasteiger partial charge in [-0.25, -0.2) is 0 Å². The summed E-state index contributed by atoms with van der Waals surface area (Å²) < 4.78 is 54.4. The van der Waals surface area contributed by atoms with E-state index in [0.29, 0.717) is 0 Å². The van der Waals surface area contributed by atoms with Gasteiger partial charge in [0, 0.05) is 12.6 Å². The Hall–Kier alpha value is -2.88. The molecule has 2 aromatic rings. The van der Waals surface area contributed by atoms with Crippen LogP contribution in [-0.4, -0.2) is 49.5 Å². The third-order valence-electron chi connectivity index (χ3n) is 3.46. The third-order valence-corrected chi connectivity index (χ3v) is 3.46. The van der Waals surface area contributed by atoms with Crippen molar-refractivity contribution in [1.29, 1.82) is 0 Å². The molecule has 1 heterocycles. The minimum atomic E-state index is -4.86. The van der Waals surface area contributed by atoms with Crippen LogP contribution in [0.3, 0.4) is 0 Å². The predicted octanol–water partition coefficient (Wildman–Crippen LogP) is 2.37. The van der Waals surface area contributed by atoms with Crippen molar-refractivity contribution in [3.8, 4) is 17.2 Å². The molecule has 0 aliphatic heterocycles. The second-order valence-electron chi connectivity index (χ2n) is 5.02. The summed E-state index contributed by atoms with van der Waals surface area (Å²) in [4.78, 5) is 12.5. The number of aliphatic hydroxyl groups excluding tert-OH is 1. The van der Waals surface area contributed by atoms with Crippen LogP contribution in [0.1, 0.15) is 10.4 Å². The molecule has 26 heavy (non-hydrogen) atoms. The van der Waals surface area contributed by atoms with E-state index in [1.165, 1.54) is 26.5 Å². The van der Waals surface area contributed by atoms with Crippen LogP contribution >= 0.6 is 0 Å². The number of allylic oxidation sites excluding steroid dienone is 2. The number of ether oxygens (including phenoxy) is 2. The predicted molar refractivity (Wildman–Crippen MR) is 84.5 cm³/mol. The molecule has 0 unspecified atom stereocenters. The van der Waals surface area contributed by atoms with Crippen LogP contribution in [0.4, 0.5) is 13.2 Å². The molecule has 0 aliphatic rings. The van der Waals surface area contributed by atoms with Gasteiger partial charge >= 0.3 is 6.18 Å². The molecule has 3 N–H and O–H groups in total. The summed E-state index contributed by atoms with van der Waals surface area (Å²) in [7, 11) is 2.40. The number of carbonyl (C=O) groups excluding carboxylic acids is 1. The number of nitrogens with one attached hydrogen (secondary N) is 1. The number of fused-ring (bicyclic) bond motifs is 1. The Labute approximate surface area is 145 Å². The van der Waals surface area contributed by atoms with E-state index in [1.807, 2.05) is 5.32 Å². The summed E-state index contributed by atoms with van der Waals surface area (Å²) >= 11 is 0. The number of ketones is 1. The first-order valence-corrected chi connectivity index (χ1v) is 7.28. The number of phenolic OH excluding ortho intramolecular Hbond substituents is 1. The second kappa shape index (κ2) is 7.56. The quantitative estimate of drug-likeness (QED) is 0.504. The van der Waals surface area contributed by atoms with Gasteiger partial charge in [-0.15, -0.1) is 0 Å². The van der Waals surface area contributed by atoms with E-state index in [9.17, 15) is 23.1 Å². The lowest BCUT2D eigenvalue weighted by molar-refractivity contribution is -0.0969. The van der Waals surface area contributed by atoms with E-state index >= 15 is 0 Å². The van der Waals surface area contributed by atoms with Gasteiger partial charge in [0.15, 0.2) is 17.1 Å². The highest BCUT2D eigenvalue weighted by molar-refractivity contribution is 6.14. The fourth-order valence-electron chi connectivity index (χ4n) is 2.38. The van der Waals surface area contributed by atoms with Crippen molar-refractivity contribution in [3.05, 3.63) is 29.7 Å². The van der Waals surface area contributed by atoms with Gasteiger partial charge in [0.25, 0.3) is 0 Å². The number of furan rings is 1. The highest BCUT2D eigenvalue weighted by atomic mass is 19.4. The number of aromatic hydroxyl groups is 1. The van der Waals surface area contributed by atoms with E-state index in [2.05, 4.69) is 0 Å². The van der Waals surface area contributed by atoms with Gasteiger partial charge in [-0.05, 0) is 6.07 Å². The number of hydrogen-bond donors (Lipinski definition) is 3. The number of alkyl halides is 3.